The second-order valence-corrected chi connectivity index (χ2v) is 7.88. The normalized spacial score (nSPS) is 18.0. The van der Waals surface area contributed by atoms with Gasteiger partial charge in [-0.15, -0.1) is 0 Å². The van der Waals surface area contributed by atoms with Gasteiger partial charge in [0.15, 0.2) is 5.96 Å². The maximum atomic E-state index is 4.74. The number of hydrogen-bond donors (Lipinski definition) is 2. The van der Waals surface area contributed by atoms with E-state index in [1.807, 2.05) is 23.1 Å². The number of piperidine rings is 1. The van der Waals surface area contributed by atoms with E-state index in [0.29, 0.717) is 12.6 Å². The second kappa shape index (κ2) is 11.6. The van der Waals surface area contributed by atoms with Gasteiger partial charge in [-0.3, -0.25) is 9.58 Å². The van der Waals surface area contributed by atoms with Crippen molar-refractivity contribution >= 4 is 5.96 Å². The third kappa shape index (κ3) is 7.20. The molecule has 0 saturated carbocycles. The van der Waals surface area contributed by atoms with Crippen molar-refractivity contribution in [3.8, 4) is 0 Å². The molecule has 6 heteroatoms. The number of guanidine groups is 1. The highest BCUT2D eigenvalue weighted by Gasteiger charge is 2.17. The summed E-state index contributed by atoms with van der Waals surface area (Å²) in [6.07, 6.45) is 8.86. The molecule has 0 amide bonds. The zero-order valence-corrected chi connectivity index (χ0v) is 18.0. The minimum atomic E-state index is 0.689. The van der Waals surface area contributed by atoms with Crippen molar-refractivity contribution in [1.29, 1.82) is 0 Å². The summed E-state index contributed by atoms with van der Waals surface area (Å²) in [5.41, 5.74) is 2.64. The van der Waals surface area contributed by atoms with E-state index in [9.17, 15) is 0 Å². The van der Waals surface area contributed by atoms with Crippen molar-refractivity contribution in [3.63, 3.8) is 0 Å². The van der Waals surface area contributed by atoms with Gasteiger partial charge in [0.25, 0.3) is 0 Å². The van der Waals surface area contributed by atoms with Crippen molar-refractivity contribution in [2.75, 3.05) is 19.6 Å². The number of aromatic nitrogens is 2. The van der Waals surface area contributed by atoms with Gasteiger partial charge in [0, 0.05) is 44.6 Å². The molecule has 1 aliphatic heterocycles. The molecule has 0 spiro atoms. The van der Waals surface area contributed by atoms with Crippen LogP contribution in [0.15, 0.2) is 47.7 Å². The zero-order valence-electron chi connectivity index (χ0n) is 18.0. The number of aliphatic imine (C=N–C) groups is 1. The van der Waals surface area contributed by atoms with Gasteiger partial charge in [-0.2, -0.15) is 5.10 Å². The summed E-state index contributed by atoms with van der Waals surface area (Å²) in [4.78, 5) is 7.34. The number of nitrogens with one attached hydrogen (secondary N) is 2. The number of nitrogens with zero attached hydrogens (tertiary/aromatic N) is 4. The first kappa shape index (κ1) is 21.4. The molecule has 2 N–H and O–H groups in total. The molecule has 1 aromatic carbocycles. The van der Waals surface area contributed by atoms with Gasteiger partial charge >= 0.3 is 0 Å². The maximum Gasteiger partial charge on any atom is 0.191 e. The molecule has 0 bridgehead atoms. The summed E-state index contributed by atoms with van der Waals surface area (Å²) >= 11 is 0. The van der Waals surface area contributed by atoms with Crippen molar-refractivity contribution in [2.45, 2.75) is 65.2 Å². The smallest absolute Gasteiger partial charge is 0.191 e. The van der Waals surface area contributed by atoms with Crippen LogP contribution < -0.4 is 10.6 Å². The van der Waals surface area contributed by atoms with Crippen LogP contribution in [0.4, 0.5) is 0 Å². The predicted octanol–water partition coefficient (Wildman–Crippen LogP) is 3.40. The molecule has 1 saturated heterocycles. The Kier molecular flexibility index (Phi) is 8.56. The van der Waals surface area contributed by atoms with Crippen molar-refractivity contribution in [2.24, 2.45) is 4.99 Å². The fourth-order valence-corrected chi connectivity index (χ4v) is 3.77. The lowest BCUT2D eigenvalue weighted by Gasteiger charge is -2.33. The largest absolute Gasteiger partial charge is 0.357 e. The molecule has 1 aromatic heterocycles. The molecule has 158 valence electrons. The van der Waals surface area contributed by atoms with E-state index in [4.69, 9.17) is 4.99 Å². The Morgan fingerprint density at radius 1 is 1.17 bits per heavy atom. The van der Waals surface area contributed by atoms with Crippen LogP contribution in [-0.2, 0) is 19.6 Å². The number of likely N-dealkylation sites (tertiary alicyclic amines) is 1. The molecular formula is C23H36N6. The number of benzene rings is 1. The SMILES string of the molecule is CCNC(=NCc1ccc(CN2CCCCC2C)cc1)NCCCn1cccn1. The average molecular weight is 397 g/mol. The van der Waals surface area contributed by atoms with Crippen molar-refractivity contribution in [3.05, 3.63) is 53.9 Å². The summed E-state index contributed by atoms with van der Waals surface area (Å²) < 4.78 is 1.96. The van der Waals surface area contributed by atoms with Crippen LogP contribution in [0.3, 0.4) is 0 Å². The molecule has 1 aliphatic rings. The molecule has 0 radical (unpaired) electrons. The molecule has 3 rings (SSSR count). The Labute approximate surface area is 175 Å². The minimum Gasteiger partial charge on any atom is -0.357 e. The molecule has 0 aliphatic carbocycles. The van der Waals surface area contributed by atoms with Crippen LogP contribution in [0, 0.1) is 0 Å². The van der Waals surface area contributed by atoms with Crippen molar-refractivity contribution in [1.82, 2.24) is 25.3 Å². The van der Waals surface area contributed by atoms with E-state index in [-0.39, 0.29) is 0 Å². The molecular weight excluding hydrogens is 360 g/mol. The minimum absolute atomic E-state index is 0.689. The summed E-state index contributed by atoms with van der Waals surface area (Å²) in [6.45, 7) is 10.1. The zero-order chi connectivity index (χ0) is 20.3. The topological polar surface area (TPSA) is 57.5 Å². The highest BCUT2D eigenvalue weighted by Crippen LogP contribution is 2.19. The Balaban J connectivity index is 1.45. The summed E-state index contributed by atoms with van der Waals surface area (Å²) in [5.74, 6) is 0.874. The molecule has 2 aromatic rings. The molecule has 1 fully saturated rings. The van der Waals surface area contributed by atoms with E-state index in [1.54, 1.807) is 0 Å². The number of aryl methyl sites for hydroxylation is 1. The van der Waals surface area contributed by atoms with Gasteiger partial charge in [0.2, 0.25) is 0 Å². The molecule has 2 heterocycles. The molecule has 1 unspecified atom stereocenters. The van der Waals surface area contributed by atoms with E-state index < -0.39 is 0 Å². The first-order chi connectivity index (χ1) is 14.2. The lowest BCUT2D eigenvalue weighted by Crippen LogP contribution is -2.38. The Morgan fingerprint density at radius 2 is 2.00 bits per heavy atom. The predicted molar refractivity (Wildman–Crippen MR) is 120 cm³/mol. The number of hydrogen-bond acceptors (Lipinski definition) is 3. The summed E-state index contributed by atoms with van der Waals surface area (Å²) in [5, 5.41) is 11.0. The van der Waals surface area contributed by atoms with Gasteiger partial charge in [0.05, 0.1) is 6.54 Å². The fraction of sp³-hybridized carbons (Fsp3) is 0.565. The van der Waals surface area contributed by atoms with Crippen molar-refractivity contribution < 1.29 is 0 Å². The number of rotatable bonds is 9. The fourth-order valence-electron chi connectivity index (χ4n) is 3.77. The van der Waals surface area contributed by atoms with E-state index in [1.165, 1.54) is 36.9 Å². The summed E-state index contributed by atoms with van der Waals surface area (Å²) in [6, 6.07) is 11.6. The van der Waals surface area contributed by atoms with E-state index in [0.717, 1.165) is 38.6 Å². The van der Waals surface area contributed by atoms with Crippen LogP contribution in [0.2, 0.25) is 0 Å². The molecule has 6 nitrogen and oxygen atoms in total. The Hall–Kier alpha value is -2.34. The van der Waals surface area contributed by atoms with E-state index >= 15 is 0 Å². The van der Waals surface area contributed by atoms with Gasteiger partial charge in [-0.05, 0) is 56.8 Å². The lowest BCUT2D eigenvalue weighted by molar-refractivity contribution is 0.152. The van der Waals surface area contributed by atoms with Crippen LogP contribution >= 0.6 is 0 Å². The summed E-state index contributed by atoms with van der Waals surface area (Å²) in [7, 11) is 0. The first-order valence-electron chi connectivity index (χ1n) is 11.1. The first-order valence-corrected chi connectivity index (χ1v) is 11.1. The van der Waals surface area contributed by atoms with Gasteiger partial charge < -0.3 is 10.6 Å². The van der Waals surface area contributed by atoms with Crippen LogP contribution in [-0.4, -0.2) is 46.3 Å². The highest BCUT2D eigenvalue weighted by atomic mass is 15.3. The third-order valence-corrected chi connectivity index (χ3v) is 5.53. The standard InChI is InChI=1S/C23H36N6/c1-3-24-23(25-13-6-16-29-17-7-14-27-29)26-18-21-9-11-22(12-10-21)19-28-15-5-4-8-20(28)2/h7,9-12,14,17,20H,3-6,8,13,15-16,18-19H2,1-2H3,(H2,24,25,26). The average Bonchev–Trinajstić information content (AvgIpc) is 3.25. The van der Waals surface area contributed by atoms with Crippen LogP contribution in [0.5, 0.6) is 0 Å². The Bertz CT molecular complexity index is 722. The van der Waals surface area contributed by atoms with Gasteiger partial charge in [-0.1, -0.05) is 30.7 Å². The van der Waals surface area contributed by atoms with E-state index in [2.05, 4.69) is 58.7 Å². The highest BCUT2D eigenvalue weighted by molar-refractivity contribution is 5.79. The molecule has 1 atom stereocenters. The van der Waals surface area contributed by atoms with Crippen LogP contribution in [0.1, 0.15) is 50.7 Å². The van der Waals surface area contributed by atoms with Crippen LogP contribution in [0.25, 0.3) is 0 Å². The third-order valence-electron chi connectivity index (χ3n) is 5.53. The quantitative estimate of drug-likeness (QED) is 0.387. The van der Waals surface area contributed by atoms with Gasteiger partial charge in [-0.25, -0.2) is 4.99 Å². The molecule has 29 heavy (non-hydrogen) atoms. The Morgan fingerprint density at radius 3 is 2.72 bits per heavy atom. The van der Waals surface area contributed by atoms with Gasteiger partial charge in [0.1, 0.15) is 0 Å². The second-order valence-electron chi connectivity index (χ2n) is 7.88. The lowest BCUT2D eigenvalue weighted by atomic mass is 10.0. The maximum absolute atomic E-state index is 4.74. The monoisotopic (exact) mass is 396 g/mol.